The van der Waals surface area contributed by atoms with Gasteiger partial charge in [-0.25, -0.2) is 14.7 Å². The number of non-ortho nitro benzene ring substituents is 1. The lowest BCUT2D eigenvalue weighted by atomic mass is 9.87. The molecule has 2 rings (SSSR count). The maximum atomic E-state index is 12.4. The van der Waals surface area contributed by atoms with Gasteiger partial charge in [-0.1, -0.05) is 12.1 Å². The van der Waals surface area contributed by atoms with Crippen LogP contribution in [0.4, 0.5) is 10.5 Å². The molecule has 9 nitrogen and oxygen atoms in total. The van der Waals surface area contributed by atoms with E-state index in [2.05, 4.69) is 4.99 Å². The lowest BCUT2D eigenvalue weighted by Crippen LogP contribution is -2.49. The van der Waals surface area contributed by atoms with E-state index in [1.165, 1.54) is 25.3 Å². The van der Waals surface area contributed by atoms with Gasteiger partial charge in [0.15, 0.2) is 0 Å². The molecule has 1 aromatic rings. The average Bonchev–Trinajstić information content (AvgIpc) is 2.60. The van der Waals surface area contributed by atoms with Crippen molar-refractivity contribution in [1.82, 2.24) is 4.90 Å². The first-order valence-corrected chi connectivity index (χ1v) is 8.10. The molecule has 1 aromatic carbocycles. The molecule has 0 aromatic heterocycles. The second-order valence-electron chi connectivity index (χ2n) is 5.40. The quantitative estimate of drug-likeness (QED) is 0.342. The first-order valence-electron chi connectivity index (χ1n) is 7.69. The fourth-order valence-corrected chi connectivity index (χ4v) is 3.08. The van der Waals surface area contributed by atoms with Gasteiger partial charge in [-0.2, -0.15) is 0 Å². The Labute approximate surface area is 154 Å². The molecule has 0 bridgehead atoms. The molecule has 1 aliphatic heterocycles. The molecule has 0 fully saturated rings. The van der Waals surface area contributed by atoms with E-state index in [1.807, 2.05) is 0 Å². The van der Waals surface area contributed by atoms with Crippen LogP contribution in [0.25, 0.3) is 0 Å². The number of rotatable bonds is 4. The molecule has 138 valence electrons. The molecule has 1 amide bonds. The van der Waals surface area contributed by atoms with Crippen molar-refractivity contribution in [3.05, 3.63) is 39.9 Å². The van der Waals surface area contributed by atoms with Gasteiger partial charge in [-0.15, -0.1) is 0 Å². The van der Waals surface area contributed by atoms with Crippen LogP contribution in [-0.2, 0) is 14.3 Å². The third kappa shape index (κ3) is 3.69. The number of nitro groups is 1. The van der Waals surface area contributed by atoms with E-state index in [0.717, 1.165) is 4.90 Å². The minimum absolute atomic E-state index is 0.0855. The second-order valence-corrected chi connectivity index (χ2v) is 5.77. The third-order valence-electron chi connectivity index (χ3n) is 3.86. The summed E-state index contributed by atoms with van der Waals surface area (Å²) in [7, 11) is 1.21. The lowest BCUT2D eigenvalue weighted by molar-refractivity contribution is -0.385. The number of nitrogens with zero attached hydrogens (tertiary/aromatic N) is 3. The fourth-order valence-electron chi connectivity index (χ4n) is 2.75. The molecular weight excluding hydrogens is 362 g/mol. The molecule has 26 heavy (non-hydrogen) atoms. The fraction of sp³-hybridized carbons (Fsp3) is 0.375. The Kier molecular flexibility index (Phi) is 5.98. The number of carbonyl (C=O) groups excluding carboxylic acids is 2. The van der Waals surface area contributed by atoms with Crippen LogP contribution >= 0.6 is 12.2 Å². The van der Waals surface area contributed by atoms with Gasteiger partial charge in [0.05, 0.1) is 24.7 Å². The zero-order chi connectivity index (χ0) is 19.4. The molecule has 0 spiro atoms. The van der Waals surface area contributed by atoms with Crippen LogP contribution in [0.15, 0.2) is 29.3 Å². The Hall–Kier alpha value is -2.88. The van der Waals surface area contributed by atoms with E-state index in [4.69, 9.17) is 21.7 Å². The summed E-state index contributed by atoms with van der Waals surface area (Å²) in [5, 5.41) is 11.0. The number of amides is 1. The van der Waals surface area contributed by atoms with Crippen molar-refractivity contribution in [1.29, 1.82) is 0 Å². The molecule has 1 heterocycles. The van der Waals surface area contributed by atoms with Crippen LogP contribution in [-0.4, -0.2) is 46.4 Å². The van der Waals surface area contributed by atoms with Gasteiger partial charge in [-0.05, 0) is 31.6 Å². The van der Waals surface area contributed by atoms with Gasteiger partial charge in [0.1, 0.15) is 5.92 Å². The summed E-state index contributed by atoms with van der Waals surface area (Å²) < 4.78 is 9.86. The predicted octanol–water partition coefficient (Wildman–Crippen LogP) is 2.64. The first-order chi connectivity index (χ1) is 12.3. The monoisotopic (exact) mass is 379 g/mol. The summed E-state index contributed by atoms with van der Waals surface area (Å²) in [5.74, 6) is -1.61. The minimum Gasteiger partial charge on any atom is -0.468 e. The molecule has 10 heteroatoms. The first kappa shape index (κ1) is 19.4. The number of methoxy groups -OCH3 is 1. The number of aliphatic imine (C=N–C) groups is 1. The Bertz CT molecular complexity index is 794. The van der Waals surface area contributed by atoms with E-state index in [0.29, 0.717) is 11.3 Å². The summed E-state index contributed by atoms with van der Waals surface area (Å²) in [6, 6.07) is 4.67. The number of thiocarbonyl (C=S) groups is 1. The Morgan fingerprint density at radius 2 is 2.12 bits per heavy atom. The van der Waals surface area contributed by atoms with Crippen molar-refractivity contribution in [2.24, 2.45) is 10.9 Å². The third-order valence-corrected chi connectivity index (χ3v) is 4.15. The number of hydrogen-bond donors (Lipinski definition) is 0. The number of esters is 1. The van der Waals surface area contributed by atoms with E-state index < -0.39 is 28.9 Å². The summed E-state index contributed by atoms with van der Waals surface area (Å²) in [6.45, 7) is 3.30. The minimum atomic E-state index is -0.974. The van der Waals surface area contributed by atoms with Crippen molar-refractivity contribution in [3.8, 4) is 0 Å². The molecule has 0 N–H and O–H groups in total. The van der Waals surface area contributed by atoms with Crippen molar-refractivity contribution in [3.63, 3.8) is 0 Å². The van der Waals surface area contributed by atoms with Crippen LogP contribution in [0, 0.1) is 16.0 Å². The van der Waals surface area contributed by atoms with Crippen molar-refractivity contribution < 1.29 is 24.0 Å². The Balaban J connectivity index is 2.65. The normalized spacial score (nSPS) is 19.6. The molecule has 2 atom stereocenters. The average molecular weight is 379 g/mol. The topological polar surface area (TPSA) is 111 Å². The van der Waals surface area contributed by atoms with E-state index in [-0.39, 0.29) is 17.4 Å². The number of carbonyl (C=O) groups is 2. The highest BCUT2D eigenvalue weighted by Gasteiger charge is 2.45. The number of ether oxygens (including phenoxy) is 2. The van der Waals surface area contributed by atoms with Crippen LogP contribution in [0.3, 0.4) is 0 Å². The van der Waals surface area contributed by atoms with Crippen molar-refractivity contribution >= 4 is 40.8 Å². The SMILES string of the molecule is CCOC(=O)N1C(=S)N=C(C)C(C(=O)OC)C1c1cccc([N+](=O)[O-])c1. The number of hydrogen-bond acceptors (Lipinski definition) is 7. The standard InChI is InChI=1S/C16H17N3O6S/c1-4-25-16(21)18-13(10-6-5-7-11(8-10)19(22)23)12(14(20)24-3)9(2)17-15(18)26/h5-8,12-13H,4H2,1-3H3. The van der Waals surface area contributed by atoms with Gasteiger partial charge in [0, 0.05) is 17.8 Å². The molecular formula is C16H17N3O6S. The van der Waals surface area contributed by atoms with Gasteiger partial charge in [0.25, 0.3) is 5.69 Å². The number of benzene rings is 1. The van der Waals surface area contributed by atoms with Gasteiger partial charge in [-0.3, -0.25) is 14.9 Å². The molecule has 1 aliphatic rings. The van der Waals surface area contributed by atoms with E-state index in [1.54, 1.807) is 19.9 Å². The summed E-state index contributed by atoms with van der Waals surface area (Å²) >= 11 is 5.18. The largest absolute Gasteiger partial charge is 0.468 e. The van der Waals surface area contributed by atoms with Crippen molar-refractivity contribution in [2.45, 2.75) is 19.9 Å². The molecule has 0 radical (unpaired) electrons. The highest BCUT2D eigenvalue weighted by molar-refractivity contribution is 7.80. The second kappa shape index (κ2) is 8.00. The predicted molar refractivity (Wildman–Crippen MR) is 95.9 cm³/mol. The zero-order valence-corrected chi connectivity index (χ0v) is 15.2. The van der Waals surface area contributed by atoms with Gasteiger partial charge >= 0.3 is 12.1 Å². The van der Waals surface area contributed by atoms with Crippen LogP contribution in [0.2, 0.25) is 0 Å². The summed E-state index contributed by atoms with van der Waals surface area (Å²) in [4.78, 5) is 40.5. The van der Waals surface area contributed by atoms with Gasteiger partial charge < -0.3 is 9.47 Å². The highest BCUT2D eigenvalue weighted by Crippen LogP contribution is 2.36. The Morgan fingerprint density at radius 3 is 2.69 bits per heavy atom. The maximum absolute atomic E-state index is 12.4. The Morgan fingerprint density at radius 1 is 1.42 bits per heavy atom. The summed E-state index contributed by atoms with van der Waals surface area (Å²) in [6.07, 6.45) is -0.792. The number of nitro benzene ring substituents is 1. The molecule has 2 unspecified atom stereocenters. The molecule has 0 saturated carbocycles. The summed E-state index contributed by atoms with van der Waals surface area (Å²) in [5.41, 5.74) is 0.513. The molecule has 0 aliphatic carbocycles. The van der Waals surface area contributed by atoms with Crippen LogP contribution < -0.4 is 0 Å². The van der Waals surface area contributed by atoms with Crippen molar-refractivity contribution in [2.75, 3.05) is 13.7 Å². The van der Waals surface area contributed by atoms with Crippen LogP contribution in [0.5, 0.6) is 0 Å². The maximum Gasteiger partial charge on any atom is 0.416 e. The zero-order valence-electron chi connectivity index (χ0n) is 14.4. The van der Waals surface area contributed by atoms with Crippen LogP contribution in [0.1, 0.15) is 25.5 Å². The lowest BCUT2D eigenvalue weighted by Gasteiger charge is -2.37. The molecule has 0 saturated heterocycles. The highest BCUT2D eigenvalue weighted by atomic mass is 32.1. The van der Waals surface area contributed by atoms with E-state index in [9.17, 15) is 19.7 Å². The smallest absolute Gasteiger partial charge is 0.416 e. The van der Waals surface area contributed by atoms with Gasteiger partial charge in [0.2, 0.25) is 5.11 Å². The van der Waals surface area contributed by atoms with E-state index >= 15 is 0 Å².